The first kappa shape index (κ1) is 17.3. The quantitative estimate of drug-likeness (QED) is 0.403. The van der Waals surface area contributed by atoms with Crippen LogP contribution in [0.5, 0.6) is 5.75 Å². The molecule has 0 saturated carbocycles. The van der Waals surface area contributed by atoms with E-state index in [1.54, 1.807) is 7.11 Å². The first-order valence-corrected chi connectivity index (χ1v) is 9.38. The molecule has 5 aromatic rings. The van der Waals surface area contributed by atoms with Crippen LogP contribution in [0.3, 0.4) is 0 Å². The van der Waals surface area contributed by atoms with Crippen LogP contribution in [0.2, 0.25) is 0 Å². The summed E-state index contributed by atoms with van der Waals surface area (Å²) in [4.78, 5) is 0. The Morgan fingerprint density at radius 2 is 1.62 bits per heavy atom. The molecule has 2 aromatic heterocycles. The average molecular weight is 381 g/mol. The van der Waals surface area contributed by atoms with Gasteiger partial charge in [0, 0.05) is 11.1 Å². The summed E-state index contributed by atoms with van der Waals surface area (Å²) in [5.41, 5.74) is 6.08. The number of benzene rings is 3. The fourth-order valence-corrected chi connectivity index (χ4v) is 3.47. The lowest BCUT2D eigenvalue weighted by Gasteiger charge is -2.08. The van der Waals surface area contributed by atoms with Gasteiger partial charge < -0.3 is 9.26 Å². The molecule has 0 saturated heterocycles. The summed E-state index contributed by atoms with van der Waals surface area (Å²) in [7, 11) is 1.66. The average Bonchev–Trinajstić information content (AvgIpc) is 3.41. The minimum Gasteiger partial charge on any atom is -0.497 e. The van der Waals surface area contributed by atoms with Gasteiger partial charge >= 0.3 is 0 Å². The van der Waals surface area contributed by atoms with Crippen molar-refractivity contribution < 1.29 is 9.26 Å². The van der Waals surface area contributed by atoms with Crippen LogP contribution in [0.1, 0.15) is 5.56 Å². The number of fused-ring (bicyclic) bond motifs is 1. The second-order valence-electron chi connectivity index (χ2n) is 6.94. The SMILES string of the molecule is COc1ccc(-c2onc3ccc(-c4ccnn4-c4ccc(C)cc4)cc23)cc1. The number of aromatic nitrogens is 3. The van der Waals surface area contributed by atoms with Crippen molar-refractivity contribution in [3.8, 4) is 34.0 Å². The van der Waals surface area contributed by atoms with E-state index in [1.165, 1.54) is 5.56 Å². The zero-order chi connectivity index (χ0) is 19.8. The van der Waals surface area contributed by atoms with E-state index < -0.39 is 0 Å². The van der Waals surface area contributed by atoms with Gasteiger partial charge in [0.05, 0.1) is 30.1 Å². The number of hydrogen-bond acceptors (Lipinski definition) is 4. The van der Waals surface area contributed by atoms with Crippen molar-refractivity contribution in [2.45, 2.75) is 6.92 Å². The fourth-order valence-electron chi connectivity index (χ4n) is 3.47. The second-order valence-corrected chi connectivity index (χ2v) is 6.94. The number of rotatable bonds is 4. The van der Waals surface area contributed by atoms with Gasteiger partial charge in [-0.25, -0.2) is 4.68 Å². The van der Waals surface area contributed by atoms with E-state index in [2.05, 4.69) is 47.5 Å². The van der Waals surface area contributed by atoms with Crippen LogP contribution in [0, 0.1) is 6.92 Å². The Morgan fingerprint density at radius 3 is 2.38 bits per heavy atom. The molecule has 3 aromatic carbocycles. The maximum absolute atomic E-state index is 5.66. The van der Waals surface area contributed by atoms with Gasteiger partial charge in [0.25, 0.3) is 0 Å². The smallest absolute Gasteiger partial charge is 0.174 e. The summed E-state index contributed by atoms with van der Waals surface area (Å²) in [6.07, 6.45) is 1.82. The Labute approximate surface area is 168 Å². The molecule has 0 aliphatic heterocycles. The molecule has 29 heavy (non-hydrogen) atoms. The van der Waals surface area contributed by atoms with E-state index in [1.807, 2.05) is 53.3 Å². The van der Waals surface area contributed by atoms with Crippen molar-refractivity contribution in [1.82, 2.24) is 14.9 Å². The van der Waals surface area contributed by atoms with Crippen LogP contribution in [-0.2, 0) is 0 Å². The predicted molar refractivity (Wildman–Crippen MR) is 113 cm³/mol. The van der Waals surface area contributed by atoms with Crippen molar-refractivity contribution in [2.24, 2.45) is 0 Å². The first-order chi connectivity index (χ1) is 14.2. The van der Waals surface area contributed by atoms with Crippen molar-refractivity contribution in [1.29, 1.82) is 0 Å². The predicted octanol–water partition coefficient (Wildman–Crippen LogP) is 5.66. The third kappa shape index (κ3) is 3.06. The topological polar surface area (TPSA) is 53.1 Å². The van der Waals surface area contributed by atoms with Crippen LogP contribution >= 0.6 is 0 Å². The maximum Gasteiger partial charge on any atom is 0.174 e. The Hall–Kier alpha value is -3.86. The maximum atomic E-state index is 5.66. The molecule has 142 valence electrons. The largest absolute Gasteiger partial charge is 0.497 e. The van der Waals surface area contributed by atoms with Crippen LogP contribution in [0.25, 0.3) is 39.2 Å². The molecule has 0 fully saturated rings. The van der Waals surface area contributed by atoms with Gasteiger partial charge in [-0.15, -0.1) is 0 Å². The summed E-state index contributed by atoms with van der Waals surface area (Å²) in [6.45, 7) is 2.08. The minimum absolute atomic E-state index is 0.742. The zero-order valence-electron chi connectivity index (χ0n) is 16.2. The van der Waals surface area contributed by atoms with Gasteiger partial charge in [0.15, 0.2) is 5.76 Å². The van der Waals surface area contributed by atoms with Crippen molar-refractivity contribution >= 4 is 10.9 Å². The molecule has 5 rings (SSSR count). The highest BCUT2D eigenvalue weighted by Crippen LogP contribution is 2.33. The normalized spacial score (nSPS) is 11.1. The van der Waals surface area contributed by atoms with E-state index in [4.69, 9.17) is 9.26 Å². The highest BCUT2D eigenvalue weighted by molar-refractivity contribution is 5.94. The number of aryl methyl sites for hydroxylation is 1. The number of methoxy groups -OCH3 is 1. The summed E-state index contributed by atoms with van der Waals surface area (Å²) < 4.78 is 12.9. The molecule has 5 heteroatoms. The van der Waals surface area contributed by atoms with Gasteiger partial charge in [0.1, 0.15) is 11.3 Å². The van der Waals surface area contributed by atoms with Gasteiger partial charge in [-0.3, -0.25) is 0 Å². The molecule has 0 amide bonds. The third-order valence-electron chi connectivity index (χ3n) is 5.05. The second kappa shape index (κ2) is 6.95. The lowest BCUT2D eigenvalue weighted by atomic mass is 10.0. The lowest BCUT2D eigenvalue weighted by molar-refractivity contribution is 0.414. The molecule has 0 radical (unpaired) electrons. The third-order valence-corrected chi connectivity index (χ3v) is 5.05. The number of hydrogen-bond donors (Lipinski definition) is 0. The van der Waals surface area contributed by atoms with E-state index in [0.717, 1.165) is 44.9 Å². The fraction of sp³-hybridized carbons (Fsp3) is 0.0833. The zero-order valence-corrected chi connectivity index (χ0v) is 16.2. The molecule has 0 spiro atoms. The van der Waals surface area contributed by atoms with E-state index in [9.17, 15) is 0 Å². The van der Waals surface area contributed by atoms with Crippen LogP contribution in [0.15, 0.2) is 83.5 Å². The highest BCUT2D eigenvalue weighted by atomic mass is 16.5. The summed E-state index contributed by atoms with van der Waals surface area (Å²) >= 11 is 0. The molecule has 0 bridgehead atoms. The minimum atomic E-state index is 0.742. The van der Waals surface area contributed by atoms with Crippen LogP contribution in [-0.4, -0.2) is 22.0 Å². The molecular formula is C24H19N3O2. The Balaban J connectivity index is 1.61. The number of nitrogens with zero attached hydrogens (tertiary/aromatic N) is 3. The lowest BCUT2D eigenvalue weighted by Crippen LogP contribution is -1.98. The Bertz CT molecular complexity index is 1280. The van der Waals surface area contributed by atoms with Crippen molar-refractivity contribution in [3.63, 3.8) is 0 Å². The van der Waals surface area contributed by atoms with E-state index >= 15 is 0 Å². The standard InChI is InChI=1S/C24H19N3O2/c1-16-3-8-19(9-4-16)27-23(13-14-25-27)18-7-12-22-21(15-18)24(29-26-22)17-5-10-20(28-2)11-6-17/h3-15H,1-2H3. The van der Waals surface area contributed by atoms with E-state index in [0.29, 0.717) is 0 Å². The highest BCUT2D eigenvalue weighted by Gasteiger charge is 2.14. The number of ether oxygens (including phenoxy) is 1. The molecular weight excluding hydrogens is 362 g/mol. The van der Waals surface area contributed by atoms with Gasteiger partial charge in [-0.05, 0) is 61.5 Å². The molecule has 2 heterocycles. The Morgan fingerprint density at radius 1 is 0.862 bits per heavy atom. The molecule has 0 aliphatic carbocycles. The summed E-state index contributed by atoms with van der Waals surface area (Å²) in [5.74, 6) is 1.55. The summed E-state index contributed by atoms with van der Waals surface area (Å²) in [5, 5.41) is 9.71. The molecule has 0 N–H and O–H groups in total. The van der Waals surface area contributed by atoms with Gasteiger partial charge in [-0.1, -0.05) is 28.9 Å². The molecule has 5 nitrogen and oxygen atoms in total. The molecule has 0 unspecified atom stereocenters. The molecule has 0 aliphatic rings. The van der Waals surface area contributed by atoms with E-state index in [-0.39, 0.29) is 0 Å². The van der Waals surface area contributed by atoms with Crippen molar-refractivity contribution in [3.05, 3.63) is 84.6 Å². The monoisotopic (exact) mass is 381 g/mol. The molecule has 0 atom stereocenters. The summed E-state index contributed by atoms with van der Waals surface area (Å²) in [6, 6.07) is 24.3. The van der Waals surface area contributed by atoms with Gasteiger partial charge in [-0.2, -0.15) is 5.10 Å². The Kier molecular flexibility index (Phi) is 4.13. The van der Waals surface area contributed by atoms with Crippen LogP contribution in [0.4, 0.5) is 0 Å². The van der Waals surface area contributed by atoms with Gasteiger partial charge in [0.2, 0.25) is 0 Å². The first-order valence-electron chi connectivity index (χ1n) is 9.38. The van der Waals surface area contributed by atoms with Crippen LogP contribution < -0.4 is 4.74 Å². The van der Waals surface area contributed by atoms with Crippen molar-refractivity contribution in [2.75, 3.05) is 7.11 Å².